The molecule has 106 valence electrons. The zero-order valence-electron chi connectivity index (χ0n) is 11.1. The highest BCUT2D eigenvalue weighted by Gasteiger charge is 2.05. The predicted molar refractivity (Wildman–Crippen MR) is 78.7 cm³/mol. The second kappa shape index (κ2) is 5.45. The molecule has 0 atom stereocenters. The van der Waals surface area contributed by atoms with Gasteiger partial charge in [0, 0.05) is 5.56 Å². The monoisotopic (exact) mass is 284 g/mol. The molecule has 8 nitrogen and oxygen atoms in total. The summed E-state index contributed by atoms with van der Waals surface area (Å²) >= 11 is 0. The van der Waals surface area contributed by atoms with Crippen molar-refractivity contribution in [1.29, 1.82) is 0 Å². The van der Waals surface area contributed by atoms with Crippen molar-refractivity contribution in [3.63, 3.8) is 0 Å². The van der Waals surface area contributed by atoms with Gasteiger partial charge < -0.3 is 14.7 Å². The fraction of sp³-hybridized carbons (Fsp3) is 0.0769. The molecular formula is C13H12N6O2. The zero-order chi connectivity index (χ0) is 14.7. The molecule has 2 heterocycles. The maximum Gasteiger partial charge on any atom is 0.276 e. The van der Waals surface area contributed by atoms with Gasteiger partial charge in [-0.05, 0) is 12.1 Å². The molecule has 2 aromatic heterocycles. The first-order chi connectivity index (χ1) is 10.3. The number of H-pyrrole nitrogens is 2. The molecule has 0 amide bonds. The van der Waals surface area contributed by atoms with Gasteiger partial charge in [-0.15, -0.1) is 0 Å². The van der Waals surface area contributed by atoms with E-state index in [9.17, 15) is 4.79 Å². The normalized spacial score (nSPS) is 11.1. The Morgan fingerprint density at radius 3 is 3.05 bits per heavy atom. The molecule has 0 fully saturated rings. The maximum absolute atomic E-state index is 11.5. The quantitative estimate of drug-likeness (QED) is 0.491. The summed E-state index contributed by atoms with van der Waals surface area (Å²) in [6.45, 7) is 0. The van der Waals surface area contributed by atoms with Crippen LogP contribution in [0.25, 0.3) is 11.2 Å². The number of nitrogens with one attached hydrogen (secondary N) is 3. The van der Waals surface area contributed by atoms with Crippen molar-refractivity contribution in [3.05, 3.63) is 46.5 Å². The number of nitrogens with zero attached hydrogens (tertiary/aromatic N) is 3. The van der Waals surface area contributed by atoms with E-state index in [4.69, 9.17) is 4.74 Å². The summed E-state index contributed by atoms with van der Waals surface area (Å²) in [4.78, 5) is 24.8. The number of imidazole rings is 1. The van der Waals surface area contributed by atoms with Crippen LogP contribution in [0.2, 0.25) is 0 Å². The average molecular weight is 284 g/mol. The molecule has 0 unspecified atom stereocenters. The summed E-state index contributed by atoms with van der Waals surface area (Å²) in [5.41, 5.74) is 3.88. The SMILES string of the molecule is COc1ccccc1C=NNc1nc2nc[nH]c(=O)c2[nH]1. The van der Waals surface area contributed by atoms with Gasteiger partial charge in [0.05, 0.1) is 19.7 Å². The van der Waals surface area contributed by atoms with Crippen LogP contribution in [0.5, 0.6) is 5.75 Å². The summed E-state index contributed by atoms with van der Waals surface area (Å²) in [6, 6.07) is 7.47. The zero-order valence-corrected chi connectivity index (χ0v) is 11.1. The third-order valence-corrected chi connectivity index (χ3v) is 2.81. The van der Waals surface area contributed by atoms with Crippen LogP contribution in [-0.2, 0) is 0 Å². The standard InChI is InChI=1S/C13H12N6O2/c1-21-9-5-3-2-4-8(9)6-16-19-13-17-10-11(18-13)14-7-15-12(10)20/h2-7H,1H3,(H3,14,15,17,18,19,20). The fourth-order valence-corrected chi connectivity index (χ4v) is 1.83. The van der Waals surface area contributed by atoms with Gasteiger partial charge >= 0.3 is 0 Å². The Labute approximate surface area is 118 Å². The van der Waals surface area contributed by atoms with Gasteiger partial charge in [-0.2, -0.15) is 10.1 Å². The smallest absolute Gasteiger partial charge is 0.276 e. The topological polar surface area (TPSA) is 108 Å². The molecule has 3 aromatic rings. The molecule has 3 rings (SSSR count). The van der Waals surface area contributed by atoms with E-state index >= 15 is 0 Å². The van der Waals surface area contributed by atoms with E-state index in [1.165, 1.54) is 6.33 Å². The number of rotatable bonds is 4. The highest BCUT2D eigenvalue weighted by atomic mass is 16.5. The highest BCUT2D eigenvalue weighted by Crippen LogP contribution is 2.14. The third-order valence-electron chi connectivity index (χ3n) is 2.81. The number of anilines is 1. The van der Waals surface area contributed by atoms with Crippen molar-refractivity contribution < 1.29 is 4.74 Å². The Bertz CT molecular complexity index is 851. The first-order valence-electron chi connectivity index (χ1n) is 6.13. The molecule has 0 saturated carbocycles. The Balaban J connectivity index is 1.81. The number of ether oxygens (including phenoxy) is 1. The van der Waals surface area contributed by atoms with Gasteiger partial charge in [-0.3, -0.25) is 4.79 Å². The summed E-state index contributed by atoms with van der Waals surface area (Å²) in [5, 5.41) is 4.06. The molecule has 0 bridgehead atoms. The lowest BCUT2D eigenvalue weighted by atomic mass is 10.2. The molecule has 0 aliphatic carbocycles. The van der Waals surface area contributed by atoms with Gasteiger partial charge in [0.1, 0.15) is 5.75 Å². The van der Waals surface area contributed by atoms with Gasteiger partial charge in [-0.25, -0.2) is 10.4 Å². The lowest BCUT2D eigenvalue weighted by molar-refractivity contribution is 0.414. The number of benzene rings is 1. The predicted octanol–water partition coefficient (Wildman–Crippen LogP) is 1.10. The van der Waals surface area contributed by atoms with Crippen LogP contribution >= 0.6 is 0 Å². The number of aromatic amines is 2. The van der Waals surface area contributed by atoms with E-state index in [0.29, 0.717) is 22.9 Å². The Morgan fingerprint density at radius 2 is 2.24 bits per heavy atom. The number of aromatic nitrogens is 4. The van der Waals surface area contributed by atoms with E-state index in [1.54, 1.807) is 13.3 Å². The molecule has 0 spiro atoms. The Hall–Kier alpha value is -3.16. The third kappa shape index (κ3) is 2.59. The second-order valence-corrected chi connectivity index (χ2v) is 4.13. The molecular weight excluding hydrogens is 272 g/mol. The van der Waals surface area contributed by atoms with Gasteiger partial charge in [0.25, 0.3) is 5.56 Å². The second-order valence-electron chi connectivity index (χ2n) is 4.13. The van der Waals surface area contributed by atoms with Gasteiger partial charge in [0.2, 0.25) is 5.95 Å². The van der Waals surface area contributed by atoms with E-state index in [0.717, 1.165) is 5.56 Å². The minimum absolute atomic E-state index is 0.283. The van der Waals surface area contributed by atoms with E-state index in [2.05, 4.69) is 30.5 Å². The van der Waals surface area contributed by atoms with Crippen molar-refractivity contribution in [3.8, 4) is 5.75 Å². The molecule has 0 aliphatic heterocycles. The number of fused-ring (bicyclic) bond motifs is 1. The molecule has 0 aliphatic rings. The van der Waals surface area contributed by atoms with Crippen molar-refractivity contribution in [2.24, 2.45) is 5.10 Å². The summed E-state index contributed by atoms with van der Waals surface area (Å²) in [6.07, 6.45) is 2.90. The number of methoxy groups -OCH3 is 1. The minimum Gasteiger partial charge on any atom is -0.496 e. The molecule has 21 heavy (non-hydrogen) atoms. The maximum atomic E-state index is 11.5. The molecule has 3 N–H and O–H groups in total. The van der Waals surface area contributed by atoms with Crippen LogP contribution in [0.1, 0.15) is 5.56 Å². The van der Waals surface area contributed by atoms with Crippen LogP contribution in [-0.4, -0.2) is 33.3 Å². The highest BCUT2D eigenvalue weighted by molar-refractivity contribution is 5.84. The summed E-state index contributed by atoms with van der Waals surface area (Å²) < 4.78 is 5.21. The van der Waals surface area contributed by atoms with Crippen molar-refractivity contribution >= 4 is 23.3 Å². The van der Waals surface area contributed by atoms with Crippen molar-refractivity contribution in [1.82, 2.24) is 19.9 Å². The first-order valence-corrected chi connectivity index (χ1v) is 6.13. The van der Waals surface area contributed by atoms with Crippen molar-refractivity contribution in [2.45, 2.75) is 0 Å². The summed E-state index contributed by atoms with van der Waals surface area (Å²) in [7, 11) is 1.59. The lowest BCUT2D eigenvalue weighted by Crippen LogP contribution is -2.05. The fourth-order valence-electron chi connectivity index (χ4n) is 1.83. The van der Waals surface area contributed by atoms with Crippen LogP contribution in [0.4, 0.5) is 5.95 Å². The Morgan fingerprint density at radius 1 is 1.38 bits per heavy atom. The molecule has 0 saturated heterocycles. The van der Waals surface area contributed by atoms with E-state index < -0.39 is 0 Å². The van der Waals surface area contributed by atoms with E-state index in [-0.39, 0.29) is 5.56 Å². The van der Waals surface area contributed by atoms with Gasteiger partial charge in [0.15, 0.2) is 11.2 Å². The molecule has 8 heteroatoms. The van der Waals surface area contributed by atoms with Crippen LogP contribution < -0.4 is 15.7 Å². The number of hydrogen-bond acceptors (Lipinski definition) is 6. The number of para-hydroxylation sites is 1. The molecule has 1 aromatic carbocycles. The first kappa shape index (κ1) is 12.9. The van der Waals surface area contributed by atoms with Crippen LogP contribution in [0.15, 0.2) is 40.5 Å². The Kier molecular flexibility index (Phi) is 3.34. The van der Waals surface area contributed by atoms with Crippen LogP contribution in [0, 0.1) is 0 Å². The minimum atomic E-state index is -0.283. The largest absolute Gasteiger partial charge is 0.496 e. The molecule has 0 radical (unpaired) electrons. The number of hydrogen-bond donors (Lipinski definition) is 3. The summed E-state index contributed by atoms with van der Waals surface area (Å²) in [5.74, 6) is 1.05. The lowest BCUT2D eigenvalue weighted by Gasteiger charge is -2.02. The van der Waals surface area contributed by atoms with E-state index in [1.807, 2.05) is 24.3 Å². The van der Waals surface area contributed by atoms with Crippen molar-refractivity contribution in [2.75, 3.05) is 12.5 Å². The number of hydrazone groups is 1. The average Bonchev–Trinajstić information content (AvgIpc) is 2.92. The van der Waals surface area contributed by atoms with Gasteiger partial charge in [-0.1, -0.05) is 12.1 Å². The van der Waals surface area contributed by atoms with Crippen LogP contribution in [0.3, 0.4) is 0 Å².